The summed E-state index contributed by atoms with van der Waals surface area (Å²) in [6.07, 6.45) is 2.53. The molecule has 21 heavy (non-hydrogen) atoms. The normalized spacial score (nSPS) is 23.4. The summed E-state index contributed by atoms with van der Waals surface area (Å²) in [5.74, 6) is 1.39. The summed E-state index contributed by atoms with van der Waals surface area (Å²) in [7, 11) is -0.0936. The zero-order valence-electron chi connectivity index (χ0n) is 12.8. The Hall–Kier alpha value is -0.740. The van der Waals surface area contributed by atoms with Gasteiger partial charge in [0.2, 0.25) is 0 Å². The van der Waals surface area contributed by atoms with Gasteiger partial charge < -0.3 is 0 Å². The van der Waals surface area contributed by atoms with Crippen molar-refractivity contribution in [2.45, 2.75) is 19.9 Å². The molecule has 1 aliphatic rings. The summed E-state index contributed by atoms with van der Waals surface area (Å²) in [5, 5.41) is 3.14. The zero-order valence-corrected chi connectivity index (χ0v) is 14.6. The minimum Gasteiger partial charge on any atom is -0.292 e. The summed E-state index contributed by atoms with van der Waals surface area (Å²) in [6, 6.07) is 23.0. The SMILES string of the molecule is CC(C)N1CP(c2ccccc2)CP(c2ccccc2)C1. The van der Waals surface area contributed by atoms with Crippen LogP contribution < -0.4 is 10.6 Å². The first-order valence-corrected chi connectivity index (χ1v) is 11.0. The second kappa shape index (κ2) is 7.01. The van der Waals surface area contributed by atoms with Crippen LogP contribution in [0.1, 0.15) is 13.8 Å². The van der Waals surface area contributed by atoms with Gasteiger partial charge >= 0.3 is 0 Å². The van der Waals surface area contributed by atoms with Gasteiger partial charge in [-0.25, -0.2) is 0 Å². The molecule has 2 aromatic rings. The summed E-state index contributed by atoms with van der Waals surface area (Å²) in [6.45, 7) is 4.67. The molecule has 0 saturated carbocycles. The van der Waals surface area contributed by atoms with Crippen molar-refractivity contribution < 1.29 is 0 Å². The van der Waals surface area contributed by atoms with E-state index in [1.54, 1.807) is 10.6 Å². The van der Waals surface area contributed by atoms with Crippen molar-refractivity contribution in [1.29, 1.82) is 0 Å². The summed E-state index contributed by atoms with van der Waals surface area (Å²) in [4.78, 5) is 2.70. The highest BCUT2D eigenvalue weighted by Gasteiger charge is 2.29. The standard InChI is InChI=1S/C18H23NP2/c1-16(2)19-13-20(17-9-5-3-6-10-17)15-21(14-19)18-11-7-4-8-12-18/h3-12,16H,13-15H2,1-2H3. The number of benzene rings is 2. The number of hydrogen-bond acceptors (Lipinski definition) is 1. The van der Waals surface area contributed by atoms with Crippen LogP contribution in [0.3, 0.4) is 0 Å². The van der Waals surface area contributed by atoms with Crippen LogP contribution in [-0.2, 0) is 0 Å². The Morgan fingerprint density at radius 1 is 0.762 bits per heavy atom. The van der Waals surface area contributed by atoms with E-state index in [1.165, 1.54) is 18.5 Å². The van der Waals surface area contributed by atoms with E-state index in [1.807, 2.05) is 0 Å². The van der Waals surface area contributed by atoms with Gasteiger partial charge in [0.05, 0.1) is 0 Å². The quantitative estimate of drug-likeness (QED) is 0.767. The third-order valence-corrected chi connectivity index (χ3v) is 10.2. The van der Waals surface area contributed by atoms with E-state index >= 15 is 0 Å². The van der Waals surface area contributed by atoms with Crippen molar-refractivity contribution >= 4 is 26.5 Å². The van der Waals surface area contributed by atoms with Gasteiger partial charge in [-0.1, -0.05) is 76.5 Å². The second-order valence-electron chi connectivity index (χ2n) is 5.86. The topological polar surface area (TPSA) is 3.24 Å². The van der Waals surface area contributed by atoms with Crippen LogP contribution >= 0.6 is 15.8 Å². The molecule has 0 bridgehead atoms. The molecule has 0 radical (unpaired) electrons. The average Bonchev–Trinajstić information content (AvgIpc) is 2.56. The van der Waals surface area contributed by atoms with Gasteiger partial charge in [0.1, 0.15) is 0 Å². The number of rotatable bonds is 3. The maximum absolute atomic E-state index is 2.70. The Labute approximate surface area is 130 Å². The van der Waals surface area contributed by atoms with E-state index in [4.69, 9.17) is 0 Å². The highest BCUT2D eigenvalue weighted by Crippen LogP contribution is 2.54. The minimum absolute atomic E-state index is 0.0468. The Morgan fingerprint density at radius 2 is 1.19 bits per heavy atom. The molecule has 2 unspecified atom stereocenters. The lowest BCUT2D eigenvalue weighted by molar-refractivity contribution is 0.302. The molecule has 1 nitrogen and oxygen atoms in total. The summed E-state index contributed by atoms with van der Waals surface area (Å²) in [5.41, 5.74) is 0. The number of hydrogen-bond donors (Lipinski definition) is 0. The lowest BCUT2D eigenvalue weighted by Crippen LogP contribution is -2.37. The van der Waals surface area contributed by atoms with Gasteiger partial charge in [0, 0.05) is 18.6 Å². The van der Waals surface area contributed by atoms with E-state index in [-0.39, 0.29) is 15.8 Å². The molecule has 0 aromatic heterocycles. The fourth-order valence-electron chi connectivity index (χ4n) is 2.71. The van der Waals surface area contributed by atoms with Crippen molar-refractivity contribution in [2.24, 2.45) is 0 Å². The molecule has 2 atom stereocenters. The van der Waals surface area contributed by atoms with Gasteiger partial charge in [-0.15, -0.1) is 0 Å². The Morgan fingerprint density at radius 3 is 1.57 bits per heavy atom. The van der Waals surface area contributed by atoms with Crippen LogP contribution in [0, 0.1) is 0 Å². The predicted octanol–water partition coefficient (Wildman–Crippen LogP) is 4.20. The first-order chi connectivity index (χ1) is 10.2. The molecular formula is C18H23NP2. The average molecular weight is 315 g/mol. The van der Waals surface area contributed by atoms with E-state index in [0.717, 1.165) is 0 Å². The lowest BCUT2D eigenvalue weighted by Gasteiger charge is -2.40. The smallest absolute Gasteiger partial charge is 0.0234 e. The van der Waals surface area contributed by atoms with E-state index < -0.39 is 0 Å². The van der Waals surface area contributed by atoms with Crippen molar-refractivity contribution in [3.63, 3.8) is 0 Å². The molecule has 110 valence electrons. The first kappa shape index (κ1) is 15.2. The summed E-state index contributed by atoms with van der Waals surface area (Å²) >= 11 is 0. The number of nitrogens with zero attached hydrogens (tertiary/aromatic N) is 1. The van der Waals surface area contributed by atoms with Crippen LogP contribution in [0.4, 0.5) is 0 Å². The molecule has 1 aliphatic heterocycles. The van der Waals surface area contributed by atoms with Gasteiger partial charge in [0.25, 0.3) is 0 Å². The van der Waals surface area contributed by atoms with Crippen LogP contribution in [-0.4, -0.2) is 29.4 Å². The molecule has 0 aliphatic carbocycles. The molecule has 3 heteroatoms. The van der Waals surface area contributed by atoms with Gasteiger partial charge in [-0.2, -0.15) is 0 Å². The molecule has 1 saturated heterocycles. The fraction of sp³-hybridized carbons (Fsp3) is 0.333. The highest BCUT2D eigenvalue weighted by molar-refractivity contribution is 7.82. The first-order valence-electron chi connectivity index (χ1n) is 7.58. The Bertz CT molecular complexity index is 508. The highest BCUT2D eigenvalue weighted by atomic mass is 31.2. The maximum atomic E-state index is 2.70. The molecule has 0 N–H and O–H groups in total. The summed E-state index contributed by atoms with van der Waals surface area (Å²) < 4.78 is 0. The third kappa shape index (κ3) is 3.72. The van der Waals surface area contributed by atoms with Crippen molar-refractivity contribution in [3.8, 4) is 0 Å². The molecule has 0 spiro atoms. The Balaban J connectivity index is 1.85. The van der Waals surface area contributed by atoms with Gasteiger partial charge in [-0.05, 0) is 30.4 Å². The molecule has 0 amide bonds. The molecule has 2 aromatic carbocycles. The van der Waals surface area contributed by atoms with Crippen molar-refractivity contribution in [1.82, 2.24) is 4.90 Å². The second-order valence-corrected chi connectivity index (χ2v) is 10.7. The fourth-order valence-corrected chi connectivity index (χ4v) is 9.78. The Kier molecular flexibility index (Phi) is 5.07. The lowest BCUT2D eigenvalue weighted by atomic mass is 10.4. The van der Waals surface area contributed by atoms with E-state index in [9.17, 15) is 0 Å². The molecule has 3 rings (SSSR count). The van der Waals surface area contributed by atoms with Gasteiger partial charge in [0.15, 0.2) is 0 Å². The molecular weight excluding hydrogens is 292 g/mol. The van der Waals surface area contributed by atoms with E-state index in [2.05, 4.69) is 79.4 Å². The predicted molar refractivity (Wildman–Crippen MR) is 97.6 cm³/mol. The largest absolute Gasteiger partial charge is 0.292 e. The zero-order chi connectivity index (χ0) is 14.7. The van der Waals surface area contributed by atoms with Crippen molar-refractivity contribution in [2.75, 3.05) is 18.5 Å². The van der Waals surface area contributed by atoms with Crippen LogP contribution in [0.25, 0.3) is 0 Å². The molecule has 1 heterocycles. The van der Waals surface area contributed by atoms with Gasteiger partial charge in [-0.3, -0.25) is 4.90 Å². The van der Waals surface area contributed by atoms with E-state index in [0.29, 0.717) is 6.04 Å². The van der Waals surface area contributed by atoms with Crippen LogP contribution in [0.5, 0.6) is 0 Å². The third-order valence-electron chi connectivity index (χ3n) is 4.02. The van der Waals surface area contributed by atoms with Crippen molar-refractivity contribution in [3.05, 3.63) is 60.7 Å². The maximum Gasteiger partial charge on any atom is 0.0234 e. The van der Waals surface area contributed by atoms with Crippen LogP contribution in [0.2, 0.25) is 0 Å². The van der Waals surface area contributed by atoms with Crippen LogP contribution in [0.15, 0.2) is 60.7 Å². The minimum atomic E-state index is -0.0468. The molecule has 1 fully saturated rings. The monoisotopic (exact) mass is 315 g/mol.